The molecule has 20 heavy (non-hydrogen) atoms. The molecule has 3 heteroatoms. The molecule has 0 radical (unpaired) electrons. The minimum atomic E-state index is 0.159. The molecule has 0 saturated carbocycles. The second-order valence-electron chi connectivity index (χ2n) is 5.01. The quantitative estimate of drug-likeness (QED) is 0.698. The van der Waals surface area contributed by atoms with Gasteiger partial charge in [-0.1, -0.05) is 18.2 Å². The molecule has 2 aromatic heterocycles. The van der Waals surface area contributed by atoms with Gasteiger partial charge < -0.3 is 13.6 Å². The minimum absolute atomic E-state index is 0.159. The van der Waals surface area contributed by atoms with Crippen molar-refractivity contribution >= 4 is 16.8 Å². The van der Waals surface area contributed by atoms with Gasteiger partial charge in [0.2, 0.25) is 0 Å². The number of para-hydroxylation sites is 1. The average molecular weight is 268 g/mol. The number of benzene rings is 1. The molecule has 2 heterocycles. The fraction of sp³-hybridized carbons (Fsp3) is 0.235. The first-order chi connectivity index (χ1) is 9.65. The Hall–Kier alpha value is -2.29. The summed E-state index contributed by atoms with van der Waals surface area (Å²) in [4.78, 5) is 11.2. The van der Waals surface area contributed by atoms with Crippen molar-refractivity contribution in [3.8, 4) is 11.3 Å². The molecule has 0 amide bonds. The Kier molecular flexibility index (Phi) is 3.18. The average Bonchev–Trinajstić information content (AvgIpc) is 2.99. The van der Waals surface area contributed by atoms with Gasteiger partial charge in [0.05, 0.1) is 5.56 Å². The minimum Gasteiger partial charge on any atom is -0.461 e. The Labute approximate surface area is 117 Å². The van der Waals surface area contributed by atoms with Crippen molar-refractivity contribution in [2.24, 2.45) is 0 Å². The summed E-state index contributed by atoms with van der Waals surface area (Å²) in [6, 6.07) is 11.8. The number of carbonyl (C=O) groups is 1. The second kappa shape index (κ2) is 5.00. The molecule has 3 rings (SSSR count). The lowest BCUT2D eigenvalue weighted by molar-refractivity contribution is -0.117. The molecule has 0 aliphatic rings. The fourth-order valence-corrected chi connectivity index (χ4v) is 2.40. The molecule has 0 saturated heterocycles. The van der Waals surface area contributed by atoms with Crippen LogP contribution in [-0.4, -0.2) is 5.78 Å². The highest BCUT2D eigenvalue weighted by Crippen LogP contribution is 2.36. The Morgan fingerprint density at radius 1 is 1.10 bits per heavy atom. The number of Topliss-reactive ketones (excluding diaryl/α,β-unsaturated/α-hetero) is 1. The van der Waals surface area contributed by atoms with Crippen LogP contribution in [0.1, 0.15) is 24.9 Å². The number of fused-ring (bicyclic) bond motifs is 1. The Bertz CT molecular complexity index is 761. The van der Waals surface area contributed by atoms with Gasteiger partial charge in [-0.05, 0) is 32.0 Å². The summed E-state index contributed by atoms with van der Waals surface area (Å²) < 4.78 is 11.6. The zero-order chi connectivity index (χ0) is 14.1. The van der Waals surface area contributed by atoms with E-state index in [-0.39, 0.29) is 5.78 Å². The van der Waals surface area contributed by atoms with Crippen LogP contribution in [-0.2, 0) is 11.2 Å². The molecule has 0 N–H and O–H groups in total. The van der Waals surface area contributed by atoms with Gasteiger partial charge in [0.1, 0.15) is 28.6 Å². The predicted octanol–water partition coefficient (Wildman–Crippen LogP) is 4.52. The molecule has 0 atom stereocenters. The van der Waals surface area contributed by atoms with E-state index >= 15 is 0 Å². The van der Waals surface area contributed by atoms with E-state index < -0.39 is 0 Å². The third-order valence-corrected chi connectivity index (χ3v) is 3.36. The lowest BCUT2D eigenvalue weighted by Crippen LogP contribution is -1.93. The van der Waals surface area contributed by atoms with E-state index in [2.05, 4.69) is 0 Å². The van der Waals surface area contributed by atoms with Crippen LogP contribution >= 0.6 is 0 Å². The Balaban J connectivity index is 2.15. The van der Waals surface area contributed by atoms with Gasteiger partial charge in [0, 0.05) is 18.2 Å². The maximum absolute atomic E-state index is 11.2. The monoisotopic (exact) mass is 268 g/mol. The highest BCUT2D eigenvalue weighted by molar-refractivity contribution is 5.94. The molecule has 3 aromatic rings. The number of aryl methyl sites for hydroxylation is 2. The Morgan fingerprint density at radius 3 is 2.60 bits per heavy atom. The largest absolute Gasteiger partial charge is 0.461 e. The van der Waals surface area contributed by atoms with Crippen LogP contribution in [0.5, 0.6) is 0 Å². The molecular weight excluding hydrogens is 252 g/mol. The van der Waals surface area contributed by atoms with Gasteiger partial charge in [0.15, 0.2) is 0 Å². The third-order valence-electron chi connectivity index (χ3n) is 3.36. The van der Waals surface area contributed by atoms with Crippen molar-refractivity contribution in [3.05, 3.63) is 47.9 Å². The SMILES string of the molecule is CC(=O)CCc1oc2ccccc2c1-c1ccc(C)o1. The maximum atomic E-state index is 11.2. The summed E-state index contributed by atoms with van der Waals surface area (Å²) >= 11 is 0. The lowest BCUT2D eigenvalue weighted by atomic mass is 10.1. The highest BCUT2D eigenvalue weighted by Gasteiger charge is 2.18. The molecule has 0 aliphatic carbocycles. The summed E-state index contributed by atoms with van der Waals surface area (Å²) in [5, 5.41) is 1.03. The molecule has 0 spiro atoms. The van der Waals surface area contributed by atoms with E-state index in [0.717, 1.165) is 33.8 Å². The maximum Gasteiger partial charge on any atom is 0.138 e. The van der Waals surface area contributed by atoms with Crippen molar-refractivity contribution < 1.29 is 13.6 Å². The zero-order valence-electron chi connectivity index (χ0n) is 11.6. The Morgan fingerprint density at radius 2 is 1.90 bits per heavy atom. The van der Waals surface area contributed by atoms with Crippen LogP contribution in [0.3, 0.4) is 0 Å². The molecule has 1 aromatic carbocycles. The second-order valence-corrected chi connectivity index (χ2v) is 5.01. The first-order valence-electron chi connectivity index (χ1n) is 6.72. The summed E-state index contributed by atoms with van der Waals surface area (Å²) in [6.45, 7) is 3.51. The topological polar surface area (TPSA) is 43.4 Å². The van der Waals surface area contributed by atoms with E-state index in [1.165, 1.54) is 0 Å². The molecule has 3 nitrogen and oxygen atoms in total. The first kappa shape index (κ1) is 12.7. The van der Waals surface area contributed by atoms with Crippen LogP contribution in [0.25, 0.3) is 22.3 Å². The smallest absolute Gasteiger partial charge is 0.138 e. The molecule has 0 unspecified atom stereocenters. The van der Waals surface area contributed by atoms with Gasteiger partial charge in [-0.3, -0.25) is 0 Å². The molecule has 0 fully saturated rings. The molecule has 0 aliphatic heterocycles. The first-order valence-corrected chi connectivity index (χ1v) is 6.72. The van der Waals surface area contributed by atoms with Crippen LogP contribution in [0.2, 0.25) is 0 Å². The van der Waals surface area contributed by atoms with Crippen LogP contribution in [0.4, 0.5) is 0 Å². The lowest BCUT2D eigenvalue weighted by Gasteiger charge is -1.99. The number of rotatable bonds is 4. The molecular formula is C17H16O3. The van der Waals surface area contributed by atoms with E-state index in [9.17, 15) is 4.79 Å². The molecule has 0 bridgehead atoms. The standard InChI is InChI=1S/C17H16O3/c1-11(18)7-9-16-17(15-10-8-12(2)19-15)13-5-3-4-6-14(13)20-16/h3-6,8,10H,7,9H2,1-2H3. The van der Waals surface area contributed by atoms with Crippen molar-refractivity contribution in [1.29, 1.82) is 0 Å². The normalized spacial score (nSPS) is 11.1. The van der Waals surface area contributed by atoms with Gasteiger partial charge >= 0.3 is 0 Å². The van der Waals surface area contributed by atoms with Crippen LogP contribution in [0, 0.1) is 6.92 Å². The zero-order valence-corrected chi connectivity index (χ0v) is 11.6. The van der Waals surface area contributed by atoms with Gasteiger partial charge in [-0.2, -0.15) is 0 Å². The number of ketones is 1. The van der Waals surface area contributed by atoms with Crippen molar-refractivity contribution in [1.82, 2.24) is 0 Å². The van der Waals surface area contributed by atoms with E-state index in [1.807, 2.05) is 43.3 Å². The summed E-state index contributed by atoms with van der Waals surface area (Å²) in [7, 11) is 0. The van der Waals surface area contributed by atoms with Crippen molar-refractivity contribution in [2.45, 2.75) is 26.7 Å². The number of carbonyl (C=O) groups excluding carboxylic acids is 1. The van der Waals surface area contributed by atoms with Gasteiger partial charge in [0.25, 0.3) is 0 Å². The summed E-state index contributed by atoms with van der Waals surface area (Å²) in [6.07, 6.45) is 1.08. The van der Waals surface area contributed by atoms with Crippen molar-refractivity contribution in [2.75, 3.05) is 0 Å². The summed E-state index contributed by atoms with van der Waals surface area (Å²) in [5.74, 6) is 2.64. The summed E-state index contributed by atoms with van der Waals surface area (Å²) in [5.41, 5.74) is 1.80. The van der Waals surface area contributed by atoms with E-state index in [1.54, 1.807) is 6.92 Å². The van der Waals surface area contributed by atoms with E-state index in [4.69, 9.17) is 8.83 Å². The predicted molar refractivity (Wildman–Crippen MR) is 77.7 cm³/mol. The van der Waals surface area contributed by atoms with Gasteiger partial charge in [-0.15, -0.1) is 0 Å². The van der Waals surface area contributed by atoms with Gasteiger partial charge in [-0.25, -0.2) is 0 Å². The number of hydrogen-bond acceptors (Lipinski definition) is 3. The van der Waals surface area contributed by atoms with Crippen molar-refractivity contribution in [3.63, 3.8) is 0 Å². The number of hydrogen-bond donors (Lipinski definition) is 0. The van der Waals surface area contributed by atoms with Crippen LogP contribution in [0.15, 0.2) is 45.2 Å². The molecule has 102 valence electrons. The number of furan rings is 2. The fourth-order valence-electron chi connectivity index (χ4n) is 2.40. The third kappa shape index (κ3) is 2.27. The van der Waals surface area contributed by atoms with E-state index in [0.29, 0.717) is 12.8 Å². The highest BCUT2D eigenvalue weighted by atomic mass is 16.4. The van der Waals surface area contributed by atoms with Crippen LogP contribution < -0.4 is 0 Å².